The summed E-state index contributed by atoms with van der Waals surface area (Å²) in [6.07, 6.45) is 0. The molecule has 96 valence electrons. The molecule has 0 aromatic carbocycles. The summed E-state index contributed by atoms with van der Waals surface area (Å²) in [5, 5.41) is 0. The van der Waals surface area contributed by atoms with E-state index in [2.05, 4.69) is 15.4 Å². The number of nitrogens with two attached hydrogens (primary N) is 2. The van der Waals surface area contributed by atoms with Crippen molar-refractivity contribution in [2.24, 2.45) is 5.84 Å². The maximum absolute atomic E-state index is 5.60. The number of furan rings is 1. The van der Waals surface area contributed by atoms with Crippen LogP contribution in [0.15, 0.2) is 22.6 Å². The average molecular weight is 248 g/mol. The molecule has 0 aliphatic carbocycles. The molecule has 0 aliphatic heterocycles. The predicted octanol–water partition coefficient (Wildman–Crippen LogP) is 0.882. The highest BCUT2D eigenvalue weighted by Crippen LogP contribution is 2.18. The Labute approximate surface area is 105 Å². The normalized spacial score (nSPS) is 10.4. The largest absolute Gasteiger partial charge is 0.464 e. The van der Waals surface area contributed by atoms with E-state index in [1.54, 1.807) is 6.07 Å². The number of nitrogens with one attached hydrogen (secondary N) is 1. The average Bonchev–Trinajstić information content (AvgIpc) is 2.73. The summed E-state index contributed by atoms with van der Waals surface area (Å²) in [4.78, 5) is 9.97. The van der Waals surface area contributed by atoms with Crippen LogP contribution in [-0.4, -0.2) is 17.0 Å². The smallest absolute Gasteiger partial charge is 0.223 e. The monoisotopic (exact) mass is 248 g/mol. The van der Waals surface area contributed by atoms with Crippen LogP contribution < -0.4 is 21.9 Å². The van der Waals surface area contributed by atoms with Crippen LogP contribution in [0.5, 0.6) is 0 Å². The Morgan fingerprint density at radius 1 is 1.39 bits per heavy atom. The molecule has 2 rings (SSSR count). The number of nitrogens with zero attached hydrogens (tertiary/aromatic N) is 3. The standard InChI is InChI=1S/C11H16N6O/c1-7-3-4-8(18-7)6-17(2)10-5-9(16-13)14-11(12)15-10/h3-5H,6,13H2,1-2H3,(H3,12,14,15,16). The van der Waals surface area contributed by atoms with Crippen molar-refractivity contribution < 1.29 is 4.42 Å². The molecule has 0 saturated carbocycles. The van der Waals surface area contributed by atoms with Crippen LogP contribution in [-0.2, 0) is 6.54 Å². The molecule has 2 aromatic heterocycles. The molecule has 0 fully saturated rings. The number of aromatic nitrogens is 2. The summed E-state index contributed by atoms with van der Waals surface area (Å²) in [6, 6.07) is 5.56. The molecule has 0 aliphatic rings. The van der Waals surface area contributed by atoms with Gasteiger partial charge in [0, 0.05) is 13.1 Å². The highest BCUT2D eigenvalue weighted by atomic mass is 16.3. The molecule has 0 bridgehead atoms. The molecule has 7 heteroatoms. The van der Waals surface area contributed by atoms with E-state index in [0.29, 0.717) is 18.2 Å². The van der Waals surface area contributed by atoms with Crippen molar-refractivity contribution in [3.63, 3.8) is 0 Å². The van der Waals surface area contributed by atoms with Gasteiger partial charge in [0.15, 0.2) is 0 Å². The van der Waals surface area contributed by atoms with Crippen molar-refractivity contribution in [2.45, 2.75) is 13.5 Å². The van der Waals surface area contributed by atoms with Gasteiger partial charge in [-0.05, 0) is 19.1 Å². The van der Waals surface area contributed by atoms with E-state index in [0.717, 1.165) is 11.5 Å². The number of hydrogen-bond donors (Lipinski definition) is 3. The third-order valence-electron chi connectivity index (χ3n) is 2.46. The molecule has 0 amide bonds. The fourth-order valence-corrected chi connectivity index (χ4v) is 1.61. The molecule has 5 N–H and O–H groups in total. The summed E-state index contributed by atoms with van der Waals surface area (Å²) in [6.45, 7) is 2.50. The number of nitrogen functional groups attached to an aromatic ring is 2. The van der Waals surface area contributed by atoms with Gasteiger partial charge in [0.2, 0.25) is 5.95 Å². The predicted molar refractivity (Wildman–Crippen MR) is 69.8 cm³/mol. The Morgan fingerprint density at radius 3 is 2.78 bits per heavy atom. The van der Waals surface area contributed by atoms with Gasteiger partial charge in [-0.25, -0.2) is 5.84 Å². The fraction of sp³-hybridized carbons (Fsp3) is 0.273. The van der Waals surface area contributed by atoms with E-state index in [1.165, 1.54) is 0 Å². The minimum absolute atomic E-state index is 0.169. The van der Waals surface area contributed by atoms with Gasteiger partial charge in [-0.1, -0.05) is 0 Å². The molecule has 0 atom stereocenters. The van der Waals surface area contributed by atoms with Crippen LogP contribution in [0, 0.1) is 6.92 Å². The lowest BCUT2D eigenvalue weighted by molar-refractivity contribution is 0.481. The molecular formula is C11H16N6O. The summed E-state index contributed by atoms with van der Waals surface area (Å²) in [7, 11) is 1.89. The minimum Gasteiger partial charge on any atom is -0.464 e. The van der Waals surface area contributed by atoms with E-state index in [1.807, 2.05) is 31.0 Å². The summed E-state index contributed by atoms with van der Waals surface area (Å²) in [5.74, 6) is 8.36. The minimum atomic E-state index is 0.169. The summed E-state index contributed by atoms with van der Waals surface area (Å²) in [5.41, 5.74) is 8.05. The molecule has 0 saturated heterocycles. The van der Waals surface area contributed by atoms with Gasteiger partial charge >= 0.3 is 0 Å². The second-order valence-electron chi connectivity index (χ2n) is 3.98. The maximum Gasteiger partial charge on any atom is 0.223 e. The number of anilines is 3. The van der Waals surface area contributed by atoms with Gasteiger partial charge in [-0.3, -0.25) is 0 Å². The van der Waals surface area contributed by atoms with Crippen molar-refractivity contribution in [1.29, 1.82) is 0 Å². The van der Waals surface area contributed by atoms with Gasteiger partial charge < -0.3 is 20.5 Å². The lowest BCUT2D eigenvalue weighted by Crippen LogP contribution is -2.19. The zero-order valence-corrected chi connectivity index (χ0v) is 10.3. The lowest BCUT2D eigenvalue weighted by atomic mass is 10.4. The highest BCUT2D eigenvalue weighted by molar-refractivity contribution is 5.51. The quantitative estimate of drug-likeness (QED) is 0.544. The van der Waals surface area contributed by atoms with Gasteiger partial charge in [0.1, 0.15) is 23.2 Å². The molecule has 2 heterocycles. The first-order chi connectivity index (χ1) is 8.58. The summed E-state index contributed by atoms with van der Waals surface area (Å²) >= 11 is 0. The Bertz CT molecular complexity index is 538. The maximum atomic E-state index is 5.60. The molecule has 2 aromatic rings. The SMILES string of the molecule is Cc1ccc(CN(C)c2cc(NN)nc(N)n2)o1. The van der Waals surface area contributed by atoms with Crippen molar-refractivity contribution in [1.82, 2.24) is 9.97 Å². The molecule has 0 unspecified atom stereocenters. The van der Waals surface area contributed by atoms with Gasteiger partial charge in [-0.2, -0.15) is 9.97 Å². The number of hydrazine groups is 1. The lowest BCUT2D eigenvalue weighted by Gasteiger charge is -2.17. The fourth-order valence-electron chi connectivity index (χ4n) is 1.61. The Kier molecular flexibility index (Phi) is 3.33. The molecule has 0 radical (unpaired) electrons. The number of aryl methyl sites for hydroxylation is 1. The van der Waals surface area contributed by atoms with Crippen molar-refractivity contribution in [2.75, 3.05) is 23.1 Å². The zero-order chi connectivity index (χ0) is 13.1. The summed E-state index contributed by atoms with van der Waals surface area (Å²) < 4.78 is 5.51. The first kappa shape index (κ1) is 12.2. The molecule has 0 spiro atoms. The van der Waals surface area contributed by atoms with Crippen molar-refractivity contribution in [3.8, 4) is 0 Å². The Balaban J connectivity index is 2.17. The van der Waals surface area contributed by atoms with Gasteiger partial charge in [-0.15, -0.1) is 0 Å². The van der Waals surface area contributed by atoms with Crippen LogP contribution in [0.25, 0.3) is 0 Å². The van der Waals surface area contributed by atoms with Crippen LogP contribution in [0.1, 0.15) is 11.5 Å². The molecule has 18 heavy (non-hydrogen) atoms. The van der Waals surface area contributed by atoms with Crippen LogP contribution in [0.4, 0.5) is 17.6 Å². The van der Waals surface area contributed by atoms with Crippen LogP contribution >= 0.6 is 0 Å². The third-order valence-corrected chi connectivity index (χ3v) is 2.46. The molecular weight excluding hydrogens is 232 g/mol. The van der Waals surface area contributed by atoms with E-state index >= 15 is 0 Å². The van der Waals surface area contributed by atoms with E-state index in [4.69, 9.17) is 16.0 Å². The Hall–Kier alpha value is -2.28. The first-order valence-electron chi connectivity index (χ1n) is 5.46. The second kappa shape index (κ2) is 4.92. The van der Waals surface area contributed by atoms with Crippen LogP contribution in [0.2, 0.25) is 0 Å². The molecule has 7 nitrogen and oxygen atoms in total. The zero-order valence-electron chi connectivity index (χ0n) is 10.3. The number of hydrogen-bond acceptors (Lipinski definition) is 7. The van der Waals surface area contributed by atoms with Crippen LogP contribution in [0.3, 0.4) is 0 Å². The first-order valence-corrected chi connectivity index (χ1v) is 5.46. The van der Waals surface area contributed by atoms with Crippen molar-refractivity contribution in [3.05, 3.63) is 29.7 Å². The Morgan fingerprint density at radius 2 is 2.17 bits per heavy atom. The van der Waals surface area contributed by atoms with E-state index in [-0.39, 0.29) is 5.95 Å². The number of rotatable bonds is 4. The second-order valence-corrected chi connectivity index (χ2v) is 3.98. The van der Waals surface area contributed by atoms with E-state index < -0.39 is 0 Å². The van der Waals surface area contributed by atoms with Crippen molar-refractivity contribution >= 4 is 17.6 Å². The third kappa shape index (κ3) is 2.69. The van der Waals surface area contributed by atoms with E-state index in [9.17, 15) is 0 Å². The topological polar surface area (TPSA) is 106 Å². The highest BCUT2D eigenvalue weighted by Gasteiger charge is 2.09. The van der Waals surface area contributed by atoms with Gasteiger partial charge in [0.25, 0.3) is 0 Å². The van der Waals surface area contributed by atoms with Gasteiger partial charge in [0.05, 0.1) is 6.54 Å².